The Morgan fingerprint density at radius 2 is 1.88 bits per heavy atom. The third kappa shape index (κ3) is 4.38. The van der Waals surface area contributed by atoms with Gasteiger partial charge in [0, 0.05) is 21.7 Å². The topological polar surface area (TPSA) is 46.9 Å². The molecule has 4 nitrogen and oxygen atoms in total. The molecule has 0 spiro atoms. The molecule has 0 aliphatic rings. The van der Waals surface area contributed by atoms with Crippen LogP contribution in [0, 0.1) is 5.82 Å². The molecule has 0 aliphatic carbocycles. The number of halogens is 3. The first-order valence-electron chi connectivity index (χ1n) is 7.52. The van der Waals surface area contributed by atoms with E-state index in [2.05, 4.69) is 10.4 Å². The van der Waals surface area contributed by atoms with E-state index in [-0.39, 0.29) is 22.9 Å². The van der Waals surface area contributed by atoms with Crippen molar-refractivity contribution in [2.24, 2.45) is 0 Å². The molecule has 0 saturated heterocycles. The van der Waals surface area contributed by atoms with Gasteiger partial charge in [0.05, 0.1) is 19.2 Å². The van der Waals surface area contributed by atoms with Gasteiger partial charge in [-0.05, 0) is 29.8 Å². The molecule has 1 amide bonds. The standard InChI is InChI=1S/C18H14Cl2FN3O/c19-13-6-4-12(5-7-13)11-24-17(8-9-22-24)23-18(25)10-14-15(20)2-1-3-16(14)21/h1-9H,10-11H2,(H,23,25). The van der Waals surface area contributed by atoms with Crippen LogP contribution >= 0.6 is 23.2 Å². The lowest BCUT2D eigenvalue weighted by Gasteiger charge is -2.10. The maximum atomic E-state index is 13.8. The van der Waals surface area contributed by atoms with Gasteiger partial charge in [-0.2, -0.15) is 5.10 Å². The third-order valence-corrected chi connectivity index (χ3v) is 4.23. The van der Waals surface area contributed by atoms with Gasteiger partial charge in [0.15, 0.2) is 0 Å². The van der Waals surface area contributed by atoms with Crippen molar-refractivity contribution in [3.05, 3.63) is 81.7 Å². The average Bonchev–Trinajstić information content (AvgIpc) is 3.00. The number of aromatic nitrogens is 2. The Morgan fingerprint density at radius 1 is 1.12 bits per heavy atom. The summed E-state index contributed by atoms with van der Waals surface area (Å²) in [5.74, 6) is -0.352. The molecule has 0 atom stereocenters. The monoisotopic (exact) mass is 377 g/mol. The smallest absolute Gasteiger partial charge is 0.230 e. The highest BCUT2D eigenvalue weighted by Crippen LogP contribution is 2.20. The molecule has 0 fully saturated rings. The second-order valence-corrected chi connectivity index (χ2v) is 6.27. The number of hydrogen-bond donors (Lipinski definition) is 1. The Labute approximate surface area is 154 Å². The zero-order valence-corrected chi connectivity index (χ0v) is 14.6. The van der Waals surface area contributed by atoms with Crippen LogP contribution in [0.1, 0.15) is 11.1 Å². The number of nitrogens with one attached hydrogen (secondary N) is 1. The fourth-order valence-electron chi connectivity index (χ4n) is 2.38. The summed E-state index contributed by atoms with van der Waals surface area (Å²) < 4.78 is 15.4. The van der Waals surface area contributed by atoms with E-state index in [0.29, 0.717) is 17.4 Å². The Bertz CT molecular complexity index is 873. The summed E-state index contributed by atoms with van der Waals surface area (Å²) in [4.78, 5) is 12.2. The van der Waals surface area contributed by atoms with E-state index in [9.17, 15) is 9.18 Å². The van der Waals surface area contributed by atoms with Crippen molar-refractivity contribution < 1.29 is 9.18 Å². The first-order valence-corrected chi connectivity index (χ1v) is 8.27. The predicted octanol–water partition coefficient (Wildman–Crippen LogP) is 4.56. The minimum Gasteiger partial charge on any atom is -0.311 e. The summed E-state index contributed by atoms with van der Waals surface area (Å²) in [5, 5.41) is 7.81. The van der Waals surface area contributed by atoms with Crippen molar-refractivity contribution >= 4 is 34.9 Å². The number of amides is 1. The maximum Gasteiger partial charge on any atom is 0.230 e. The minimum absolute atomic E-state index is 0.155. The van der Waals surface area contributed by atoms with E-state index >= 15 is 0 Å². The van der Waals surface area contributed by atoms with E-state index < -0.39 is 5.82 Å². The molecular formula is C18H14Cl2FN3O. The highest BCUT2D eigenvalue weighted by Gasteiger charge is 2.13. The van der Waals surface area contributed by atoms with E-state index in [1.54, 1.807) is 35.1 Å². The lowest BCUT2D eigenvalue weighted by molar-refractivity contribution is -0.115. The minimum atomic E-state index is -0.502. The molecule has 25 heavy (non-hydrogen) atoms. The number of carbonyl (C=O) groups excluding carboxylic acids is 1. The zero-order chi connectivity index (χ0) is 17.8. The first-order chi connectivity index (χ1) is 12.0. The number of rotatable bonds is 5. The van der Waals surface area contributed by atoms with Crippen LogP contribution in [0.5, 0.6) is 0 Å². The highest BCUT2D eigenvalue weighted by atomic mass is 35.5. The Balaban J connectivity index is 1.70. The van der Waals surface area contributed by atoms with Crippen molar-refractivity contribution in [2.45, 2.75) is 13.0 Å². The van der Waals surface area contributed by atoms with Gasteiger partial charge in [-0.1, -0.05) is 41.4 Å². The van der Waals surface area contributed by atoms with Gasteiger partial charge in [-0.15, -0.1) is 0 Å². The van der Waals surface area contributed by atoms with E-state index in [1.165, 1.54) is 12.1 Å². The largest absolute Gasteiger partial charge is 0.311 e. The van der Waals surface area contributed by atoms with E-state index in [4.69, 9.17) is 23.2 Å². The van der Waals surface area contributed by atoms with Crippen LogP contribution in [0.4, 0.5) is 10.2 Å². The summed E-state index contributed by atoms with van der Waals surface area (Å²) in [6.45, 7) is 0.472. The lowest BCUT2D eigenvalue weighted by atomic mass is 10.1. The molecule has 0 radical (unpaired) electrons. The van der Waals surface area contributed by atoms with Gasteiger partial charge in [0.2, 0.25) is 5.91 Å². The van der Waals surface area contributed by atoms with Gasteiger partial charge >= 0.3 is 0 Å². The SMILES string of the molecule is O=C(Cc1c(F)cccc1Cl)Nc1ccnn1Cc1ccc(Cl)cc1. The second kappa shape index (κ2) is 7.68. The zero-order valence-electron chi connectivity index (χ0n) is 13.0. The van der Waals surface area contributed by atoms with Crippen molar-refractivity contribution in [3.8, 4) is 0 Å². The van der Waals surface area contributed by atoms with Gasteiger partial charge in [0.1, 0.15) is 11.6 Å². The summed E-state index contributed by atoms with van der Waals surface area (Å²) in [6.07, 6.45) is 1.43. The molecule has 0 saturated carbocycles. The molecule has 3 aromatic rings. The van der Waals surface area contributed by atoms with Gasteiger partial charge in [-0.25, -0.2) is 9.07 Å². The fourth-order valence-corrected chi connectivity index (χ4v) is 2.73. The third-order valence-electron chi connectivity index (χ3n) is 3.63. The molecule has 0 aliphatic heterocycles. The quantitative estimate of drug-likeness (QED) is 0.708. The summed E-state index contributed by atoms with van der Waals surface area (Å²) in [6, 6.07) is 13.4. The number of hydrogen-bond acceptors (Lipinski definition) is 2. The van der Waals surface area contributed by atoms with Crippen LogP contribution in [-0.4, -0.2) is 15.7 Å². The highest BCUT2D eigenvalue weighted by molar-refractivity contribution is 6.31. The van der Waals surface area contributed by atoms with Gasteiger partial charge in [-0.3, -0.25) is 4.79 Å². The van der Waals surface area contributed by atoms with Crippen molar-refractivity contribution in [3.63, 3.8) is 0 Å². The molecule has 3 rings (SSSR count). The van der Waals surface area contributed by atoms with E-state index in [1.807, 2.05) is 12.1 Å². The molecule has 1 aromatic heterocycles. The summed E-state index contributed by atoms with van der Waals surface area (Å²) in [5.41, 5.74) is 1.16. The first kappa shape index (κ1) is 17.5. The van der Waals surface area contributed by atoms with Crippen LogP contribution < -0.4 is 5.32 Å². The molecule has 1 N–H and O–H groups in total. The maximum absolute atomic E-state index is 13.8. The number of anilines is 1. The normalized spacial score (nSPS) is 10.7. The van der Waals surface area contributed by atoms with Gasteiger partial charge < -0.3 is 5.32 Å². The Morgan fingerprint density at radius 3 is 2.60 bits per heavy atom. The average molecular weight is 378 g/mol. The van der Waals surface area contributed by atoms with Crippen molar-refractivity contribution in [2.75, 3.05) is 5.32 Å². The van der Waals surface area contributed by atoms with Crippen LogP contribution in [0.15, 0.2) is 54.7 Å². The number of benzene rings is 2. The molecule has 0 bridgehead atoms. The Hall–Kier alpha value is -2.37. The molecule has 7 heteroatoms. The van der Waals surface area contributed by atoms with Crippen molar-refractivity contribution in [1.82, 2.24) is 9.78 Å². The second-order valence-electron chi connectivity index (χ2n) is 5.43. The lowest BCUT2D eigenvalue weighted by Crippen LogP contribution is -2.18. The molecular weight excluding hydrogens is 364 g/mol. The predicted molar refractivity (Wildman–Crippen MR) is 96.5 cm³/mol. The molecule has 1 heterocycles. The van der Waals surface area contributed by atoms with Gasteiger partial charge in [0.25, 0.3) is 0 Å². The van der Waals surface area contributed by atoms with E-state index in [0.717, 1.165) is 5.56 Å². The summed E-state index contributed by atoms with van der Waals surface area (Å²) in [7, 11) is 0. The molecule has 0 unspecified atom stereocenters. The molecule has 2 aromatic carbocycles. The fraction of sp³-hybridized carbons (Fsp3) is 0.111. The van der Waals surface area contributed by atoms with Crippen molar-refractivity contribution in [1.29, 1.82) is 0 Å². The number of nitrogens with zero attached hydrogens (tertiary/aromatic N) is 2. The number of carbonyl (C=O) groups is 1. The van der Waals surface area contributed by atoms with Crippen LogP contribution in [0.3, 0.4) is 0 Å². The molecule has 128 valence electrons. The summed E-state index contributed by atoms with van der Waals surface area (Å²) >= 11 is 11.8. The van der Waals surface area contributed by atoms with Crippen LogP contribution in [0.25, 0.3) is 0 Å². The Kier molecular flexibility index (Phi) is 5.36. The van der Waals surface area contributed by atoms with Crippen LogP contribution in [-0.2, 0) is 17.8 Å². The van der Waals surface area contributed by atoms with Crippen LogP contribution in [0.2, 0.25) is 10.0 Å².